The molecule has 1 N–H and O–H groups in total. The monoisotopic (exact) mass is 846 g/mol. The molecule has 0 fully saturated rings. The Bertz CT molecular complexity index is 2490. The van der Waals surface area contributed by atoms with Gasteiger partial charge in [0.15, 0.2) is 15.5 Å². The molecule has 5 rings (SSSR count). The van der Waals surface area contributed by atoms with Gasteiger partial charge in [0.2, 0.25) is 12.7 Å². The molecule has 2 heterocycles. The zero-order valence-electron chi connectivity index (χ0n) is 34.6. The number of anilines is 3. The number of esters is 1. The summed E-state index contributed by atoms with van der Waals surface area (Å²) in [5, 5.41) is 7.40. The first-order valence-electron chi connectivity index (χ1n) is 18.7. The van der Waals surface area contributed by atoms with Crippen LogP contribution >= 0.6 is 0 Å². The van der Waals surface area contributed by atoms with Gasteiger partial charge in [-0.1, -0.05) is 38.1 Å². The molecule has 5 aromatic rings. The molecule has 0 saturated carbocycles. The fourth-order valence-corrected chi connectivity index (χ4v) is 6.65. The summed E-state index contributed by atoms with van der Waals surface area (Å²) in [5.74, 6) is -2.68. The van der Waals surface area contributed by atoms with Crippen molar-refractivity contribution in [3.63, 3.8) is 0 Å². The Morgan fingerprint density at radius 3 is 2.13 bits per heavy atom. The molecule has 0 spiro atoms. The molecule has 0 aliphatic carbocycles. The molecule has 2 atom stereocenters. The van der Waals surface area contributed by atoms with Gasteiger partial charge in [-0.3, -0.25) is 9.69 Å². The lowest BCUT2D eigenvalue weighted by molar-refractivity contribution is -0.159. The van der Waals surface area contributed by atoms with E-state index in [1.54, 1.807) is 96.3 Å². The second-order valence-corrected chi connectivity index (χ2v) is 17.2. The van der Waals surface area contributed by atoms with E-state index in [9.17, 15) is 32.0 Å². The van der Waals surface area contributed by atoms with Crippen molar-refractivity contribution < 1.29 is 50.9 Å². The van der Waals surface area contributed by atoms with Crippen molar-refractivity contribution in [3.05, 3.63) is 96.4 Å². The normalized spacial score (nSPS) is 12.7. The molecule has 0 aliphatic rings. The van der Waals surface area contributed by atoms with Crippen LogP contribution in [0.15, 0.2) is 90.0 Å². The number of nitrogens with one attached hydrogen (secondary N) is 1. The molecule has 0 aliphatic heterocycles. The molecule has 318 valence electrons. The second-order valence-electron chi connectivity index (χ2n) is 15.2. The quantitative estimate of drug-likeness (QED) is 0.0918. The van der Waals surface area contributed by atoms with Crippen LogP contribution in [0.5, 0.6) is 5.75 Å². The van der Waals surface area contributed by atoms with Gasteiger partial charge >= 0.3 is 18.2 Å². The Hall–Kier alpha value is -6.56. The summed E-state index contributed by atoms with van der Waals surface area (Å²) < 4.78 is 61.2. The van der Waals surface area contributed by atoms with Crippen molar-refractivity contribution >= 4 is 56.9 Å². The van der Waals surface area contributed by atoms with Crippen LogP contribution in [0.4, 0.5) is 31.3 Å². The number of rotatable bonds is 13. The molecule has 2 aromatic heterocycles. The molecule has 0 bridgehead atoms. The SMILES string of the molecule is COc1cc(S(C)(=O)=O)ccc1N(C(=O)OCOC(=O)[C@H](C(C)C)N(C)C(=O)OC(C)(C)C)c1nc2ccc(-c3ccc(NC(=O)[C@H](C)c4ccc(F)cc4)cc3)cn2n1. The van der Waals surface area contributed by atoms with Gasteiger partial charge in [0.05, 0.1) is 23.6 Å². The van der Waals surface area contributed by atoms with E-state index in [-0.39, 0.29) is 34.0 Å². The molecule has 0 radical (unpaired) electrons. The summed E-state index contributed by atoms with van der Waals surface area (Å²) in [4.78, 5) is 59.3. The molecule has 0 saturated heterocycles. The Kier molecular flexibility index (Phi) is 13.5. The highest BCUT2D eigenvalue weighted by molar-refractivity contribution is 7.90. The Labute approximate surface area is 347 Å². The highest BCUT2D eigenvalue weighted by Crippen LogP contribution is 2.36. The number of methoxy groups -OCH3 is 1. The van der Waals surface area contributed by atoms with Crippen molar-refractivity contribution in [1.29, 1.82) is 0 Å². The highest BCUT2D eigenvalue weighted by Gasteiger charge is 2.35. The largest absolute Gasteiger partial charge is 0.495 e. The summed E-state index contributed by atoms with van der Waals surface area (Å²) in [6.45, 7) is 9.35. The number of sulfone groups is 1. The Morgan fingerprint density at radius 2 is 1.53 bits per heavy atom. The van der Waals surface area contributed by atoms with Crippen LogP contribution in [-0.4, -0.2) is 90.8 Å². The minimum atomic E-state index is -3.68. The lowest BCUT2D eigenvalue weighted by atomic mass is 10.00. The average Bonchev–Trinajstić information content (AvgIpc) is 3.60. The summed E-state index contributed by atoms with van der Waals surface area (Å²) in [6.07, 6.45) is 0.825. The van der Waals surface area contributed by atoms with Crippen molar-refractivity contribution in [2.24, 2.45) is 5.92 Å². The van der Waals surface area contributed by atoms with E-state index in [2.05, 4.69) is 15.4 Å². The maximum absolute atomic E-state index is 13.9. The van der Waals surface area contributed by atoms with Crippen molar-refractivity contribution in [1.82, 2.24) is 19.5 Å². The van der Waals surface area contributed by atoms with Gasteiger partial charge in [0.25, 0.3) is 5.95 Å². The minimum Gasteiger partial charge on any atom is -0.495 e. The number of nitrogens with zero attached hydrogens (tertiary/aromatic N) is 5. The standard InChI is InChI=1S/C42H47FN6O10S/c1-25(2)36(47(7)40(52)59-42(4,5)6)38(51)57-24-58-41(53)49(33-20-19-32(60(9,54)55)22-34(33)56-8)39-45-35-21-14-29(23-48(35)46-39)28-12-17-31(18-13-28)44-37(50)26(3)27-10-15-30(43)16-11-27/h10-23,25-26,36H,24H2,1-9H3,(H,44,50)/t26-,36+/m1/s1. The number of ether oxygens (including phenoxy) is 4. The Morgan fingerprint density at radius 1 is 0.883 bits per heavy atom. The predicted molar refractivity (Wildman–Crippen MR) is 220 cm³/mol. The number of fused-ring (bicyclic) bond motifs is 1. The first-order valence-corrected chi connectivity index (χ1v) is 20.6. The van der Waals surface area contributed by atoms with Gasteiger partial charge in [-0.15, -0.1) is 5.10 Å². The minimum absolute atomic E-state index is 0.00783. The van der Waals surface area contributed by atoms with E-state index in [4.69, 9.17) is 18.9 Å². The number of carbonyl (C=O) groups excluding carboxylic acids is 4. The first kappa shape index (κ1) is 44.5. The van der Waals surface area contributed by atoms with Crippen LogP contribution in [0.25, 0.3) is 16.8 Å². The molecule has 0 unspecified atom stereocenters. The second kappa shape index (κ2) is 18.1. The molecule has 60 heavy (non-hydrogen) atoms. The number of aromatic nitrogens is 3. The molecule has 3 amide bonds. The van der Waals surface area contributed by atoms with E-state index in [0.717, 1.165) is 21.6 Å². The van der Waals surface area contributed by atoms with Gasteiger partial charge in [0, 0.05) is 36.8 Å². The van der Waals surface area contributed by atoms with E-state index < -0.39 is 58.3 Å². The highest BCUT2D eigenvalue weighted by atomic mass is 32.2. The van der Waals surface area contributed by atoms with E-state index in [1.165, 1.54) is 49.0 Å². The molecular weight excluding hydrogens is 800 g/mol. The summed E-state index contributed by atoms with van der Waals surface area (Å²) in [7, 11) is -0.994. The average molecular weight is 847 g/mol. The van der Waals surface area contributed by atoms with Gasteiger partial charge in [-0.25, -0.2) is 36.6 Å². The lowest BCUT2D eigenvalue weighted by Gasteiger charge is -2.31. The van der Waals surface area contributed by atoms with Crippen LogP contribution in [0.2, 0.25) is 0 Å². The summed E-state index contributed by atoms with van der Waals surface area (Å²) in [6, 6.07) is 19.0. The zero-order chi connectivity index (χ0) is 44.1. The third kappa shape index (κ3) is 10.7. The third-order valence-corrected chi connectivity index (χ3v) is 10.2. The predicted octanol–water partition coefficient (Wildman–Crippen LogP) is 7.36. The molecule has 18 heteroatoms. The summed E-state index contributed by atoms with van der Waals surface area (Å²) >= 11 is 0. The van der Waals surface area contributed by atoms with Crippen LogP contribution in [0.3, 0.4) is 0 Å². The van der Waals surface area contributed by atoms with E-state index in [0.29, 0.717) is 22.5 Å². The number of benzene rings is 3. The molecular formula is C42H47FN6O10S. The number of likely N-dealkylation sites (N-methyl/N-ethyl adjacent to an activating group) is 1. The topological polar surface area (TPSA) is 188 Å². The number of hydrogen-bond donors (Lipinski definition) is 1. The van der Waals surface area contributed by atoms with Crippen molar-refractivity contribution in [2.75, 3.05) is 37.4 Å². The zero-order valence-corrected chi connectivity index (χ0v) is 35.4. The fraction of sp³-hybridized carbons (Fsp3) is 0.333. The van der Waals surface area contributed by atoms with E-state index >= 15 is 0 Å². The molecule has 3 aromatic carbocycles. The smallest absolute Gasteiger partial charge is 0.424 e. The van der Waals surface area contributed by atoms with E-state index in [1.807, 2.05) is 0 Å². The number of carbonyl (C=O) groups is 4. The number of halogens is 1. The van der Waals surface area contributed by atoms with Crippen molar-refractivity contribution in [3.8, 4) is 16.9 Å². The van der Waals surface area contributed by atoms with Gasteiger partial charge in [-0.05, 0) is 93.3 Å². The number of pyridine rings is 1. The van der Waals surface area contributed by atoms with Crippen molar-refractivity contribution in [2.45, 2.75) is 64.0 Å². The van der Waals surface area contributed by atoms with Gasteiger partial charge in [0.1, 0.15) is 23.2 Å². The lowest BCUT2D eigenvalue weighted by Crippen LogP contribution is -2.48. The van der Waals surface area contributed by atoms with Crippen LogP contribution in [0, 0.1) is 11.7 Å². The maximum Gasteiger partial charge on any atom is 0.424 e. The van der Waals surface area contributed by atoms with Gasteiger partial charge in [-0.2, -0.15) is 4.98 Å². The number of hydrogen-bond acceptors (Lipinski definition) is 12. The van der Waals surface area contributed by atoms with Crippen LogP contribution < -0.4 is 15.0 Å². The summed E-state index contributed by atoms with van der Waals surface area (Å²) in [5.41, 5.74) is 2.18. The third-order valence-electron chi connectivity index (χ3n) is 9.13. The fourth-order valence-electron chi connectivity index (χ4n) is 6.01. The Balaban J connectivity index is 1.39. The van der Waals surface area contributed by atoms with Crippen LogP contribution in [-0.2, 0) is 33.6 Å². The van der Waals surface area contributed by atoms with Crippen LogP contribution in [0.1, 0.15) is 53.0 Å². The first-order chi connectivity index (χ1) is 28.2. The maximum atomic E-state index is 13.9. The molecule has 16 nitrogen and oxygen atoms in total. The van der Waals surface area contributed by atoms with Gasteiger partial charge < -0.3 is 24.3 Å². The number of amides is 3.